The number of carbonyl (C=O) groups is 1. The molecule has 0 N–H and O–H groups in total. The molecule has 0 radical (unpaired) electrons. The first-order chi connectivity index (χ1) is 12.6. The number of carbonyl (C=O) groups excluding carboxylic acids is 1. The van der Waals surface area contributed by atoms with Gasteiger partial charge in [0.2, 0.25) is 0 Å². The van der Waals surface area contributed by atoms with Gasteiger partial charge in [-0.3, -0.25) is 0 Å². The first-order valence-corrected chi connectivity index (χ1v) is 9.26. The zero-order chi connectivity index (χ0) is 18.3. The number of rotatable bonds is 5. The largest absolute Gasteiger partial charge is 0.461 e. The third-order valence-electron chi connectivity index (χ3n) is 4.75. The van der Waals surface area contributed by atoms with Gasteiger partial charge in [-0.2, -0.15) is 5.10 Å². The zero-order valence-electron chi connectivity index (χ0n) is 15.4. The molecule has 1 aliphatic rings. The van der Waals surface area contributed by atoms with Gasteiger partial charge in [0.15, 0.2) is 11.3 Å². The molecular formula is C21H23N3O2. The van der Waals surface area contributed by atoms with Gasteiger partial charge in [-0.1, -0.05) is 44.2 Å². The van der Waals surface area contributed by atoms with E-state index in [1.54, 1.807) is 6.92 Å². The standard InChI is InChI=1S/C21H23N3O2/c1-4-26-21(25)16-12-17(13(2)3)24-20(22-16)18(14-8-6-5-7-9-14)19(23-24)15-10-11-15/h5-9,12-13,15H,4,10-11H2,1-3H3. The van der Waals surface area contributed by atoms with E-state index in [9.17, 15) is 4.79 Å². The highest BCUT2D eigenvalue weighted by molar-refractivity contribution is 5.90. The van der Waals surface area contributed by atoms with Crippen molar-refractivity contribution >= 4 is 11.6 Å². The molecule has 4 rings (SSSR count). The van der Waals surface area contributed by atoms with Crippen LogP contribution in [0.2, 0.25) is 0 Å². The molecule has 26 heavy (non-hydrogen) atoms. The molecule has 0 atom stereocenters. The predicted octanol–water partition coefficient (Wildman–Crippen LogP) is 4.57. The number of hydrogen-bond donors (Lipinski definition) is 0. The molecule has 2 heterocycles. The highest BCUT2D eigenvalue weighted by atomic mass is 16.5. The highest BCUT2D eigenvalue weighted by Crippen LogP contribution is 2.45. The molecule has 0 saturated heterocycles. The summed E-state index contributed by atoms with van der Waals surface area (Å²) in [7, 11) is 0. The van der Waals surface area contributed by atoms with Crippen LogP contribution in [0.25, 0.3) is 16.8 Å². The van der Waals surface area contributed by atoms with E-state index in [1.165, 1.54) is 0 Å². The number of fused-ring (bicyclic) bond motifs is 1. The van der Waals surface area contributed by atoms with E-state index in [4.69, 9.17) is 9.84 Å². The fourth-order valence-corrected chi connectivity index (χ4v) is 3.30. The van der Waals surface area contributed by atoms with Crippen molar-refractivity contribution in [2.75, 3.05) is 6.61 Å². The van der Waals surface area contributed by atoms with E-state index < -0.39 is 0 Å². The molecule has 0 spiro atoms. The lowest BCUT2D eigenvalue weighted by Gasteiger charge is -2.11. The summed E-state index contributed by atoms with van der Waals surface area (Å²) >= 11 is 0. The SMILES string of the molecule is CCOC(=O)c1cc(C(C)C)n2nc(C3CC3)c(-c3ccccc3)c2n1. The smallest absolute Gasteiger partial charge is 0.357 e. The lowest BCUT2D eigenvalue weighted by molar-refractivity contribution is 0.0519. The second kappa shape index (κ2) is 6.56. The Bertz CT molecular complexity index is 956. The first kappa shape index (κ1) is 16.8. The van der Waals surface area contributed by atoms with Crippen molar-refractivity contribution in [2.45, 2.75) is 45.4 Å². The van der Waals surface area contributed by atoms with Gasteiger partial charge in [-0.05, 0) is 37.3 Å². The molecule has 0 amide bonds. The molecule has 134 valence electrons. The van der Waals surface area contributed by atoms with Gasteiger partial charge >= 0.3 is 5.97 Å². The van der Waals surface area contributed by atoms with Crippen LogP contribution < -0.4 is 0 Å². The Morgan fingerprint density at radius 1 is 1.27 bits per heavy atom. The summed E-state index contributed by atoms with van der Waals surface area (Å²) in [6.45, 7) is 6.34. The summed E-state index contributed by atoms with van der Waals surface area (Å²) in [6.07, 6.45) is 2.32. The van der Waals surface area contributed by atoms with Crippen LogP contribution in [-0.2, 0) is 4.74 Å². The average Bonchev–Trinajstić information content (AvgIpc) is 3.41. The van der Waals surface area contributed by atoms with Crippen molar-refractivity contribution in [1.82, 2.24) is 14.6 Å². The van der Waals surface area contributed by atoms with Crippen molar-refractivity contribution < 1.29 is 9.53 Å². The van der Waals surface area contributed by atoms with E-state index in [0.29, 0.717) is 18.2 Å². The minimum Gasteiger partial charge on any atom is -0.461 e. The minimum absolute atomic E-state index is 0.212. The summed E-state index contributed by atoms with van der Waals surface area (Å²) in [5.74, 6) is 0.312. The fraction of sp³-hybridized carbons (Fsp3) is 0.381. The maximum atomic E-state index is 12.3. The highest BCUT2D eigenvalue weighted by Gasteiger charge is 2.32. The van der Waals surface area contributed by atoms with Gasteiger partial charge in [-0.25, -0.2) is 14.3 Å². The Morgan fingerprint density at radius 2 is 2.00 bits per heavy atom. The maximum absolute atomic E-state index is 12.3. The number of aromatic nitrogens is 3. The maximum Gasteiger partial charge on any atom is 0.357 e. The van der Waals surface area contributed by atoms with Crippen molar-refractivity contribution in [3.8, 4) is 11.1 Å². The Labute approximate surface area is 153 Å². The monoisotopic (exact) mass is 349 g/mol. The molecule has 1 aromatic carbocycles. The number of nitrogens with zero attached hydrogens (tertiary/aromatic N) is 3. The van der Waals surface area contributed by atoms with E-state index in [2.05, 4.69) is 31.0 Å². The van der Waals surface area contributed by atoms with Crippen LogP contribution in [0.3, 0.4) is 0 Å². The van der Waals surface area contributed by atoms with Gasteiger partial charge in [0.05, 0.1) is 17.9 Å². The Balaban J connectivity index is 2.01. The van der Waals surface area contributed by atoms with Crippen LogP contribution >= 0.6 is 0 Å². The lowest BCUT2D eigenvalue weighted by atomic mass is 10.0. The molecular weight excluding hydrogens is 326 g/mol. The van der Waals surface area contributed by atoms with Crippen LogP contribution in [0.4, 0.5) is 0 Å². The van der Waals surface area contributed by atoms with Crippen LogP contribution in [0.15, 0.2) is 36.4 Å². The van der Waals surface area contributed by atoms with Crippen molar-refractivity contribution in [3.05, 3.63) is 53.5 Å². The van der Waals surface area contributed by atoms with Crippen LogP contribution in [-0.4, -0.2) is 27.2 Å². The molecule has 2 aromatic heterocycles. The molecule has 1 fully saturated rings. The Hall–Kier alpha value is -2.69. The topological polar surface area (TPSA) is 56.5 Å². The van der Waals surface area contributed by atoms with Crippen LogP contribution in [0, 0.1) is 0 Å². The number of hydrogen-bond acceptors (Lipinski definition) is 4. The fourth-order valence-electron chi connectivity index (χ4n) is 3.30. The van der Waals surface area contributed by atoms with Crippen molar-refractivity contribution in [1.29, 1.82) is 0 Å². The van der Waals surface area contributed by atoms with Gasteiger partial charge < -0.3 is 4.74 Å². The van der Waals surface area contributed by atoms with Gasteiger partial charge in [0.1, 0.15) is 0 Å². The average molecular weight is 349 g/mol. The van der Waals surface area contributed by atoms with E-state index >= 15 is 0 Å². The molecule has 0 bridgehead atoms. The number of benzene rings is 1. The molecule has 0 aliphatic heterocycles. The minimum atomic E-state index is -0.384. The second-order valence-electron chi connectivity index (χ2n) is 7.08. The third-order valence-corrected chi connectivity index (χ3v) is 4.75. The molecule has 5 nitrogen and oxygen atoms in total. The summed E-state index contributed by atoms with van der Waals surface area (Å²) in [5, 5.41) is 4.92. The van der Waals surface area contributed by atoms with E-state index in [-0.39, 0.29) is 11.9 Å². The van der Waals surface area contributed by atoms with Gasteiger partial charge in [-0.15, -0.1) is 0 Å². The normalized spacial score (nSPS) is 14.2. The van der Waals surface area contributed by atoms with Gasteiger partial charge in [0, 0.05) is 11.6 Å². The zero-order valence-corrected chi connectivity index (χ0v) is 15.4. The Kier molecular flexibility index (Phi) is 4.23. The second-order valence-corrected chi connectivity index (χ2v) is 7.08. The lowest BCUT2D eigenvalue weighted by Crippen LogP contribution is -2.12. The van der Waals surface area contributed by atoms with Crippen LogP contribution in [0.5, 0.6) is 0 Å². The summed E-state index contributed by atoms with van der Waals surface area (Å²) in [4.78, 5) is 17.0. The summed E-state index contributed by atoms with van der Waals surface area (Å²) in [6, 6.07) is 12.0. The Morgan fingerprint density at radius 3 is 2.62 bits per heavy atom. The third kappa shape index (κ3) is 2.87. The quantitative estimate of drug-likeness (QED) is 0.633. The molecule has 1 aliphatic carbocycles. The van der Waals surface area contributed by atoms with Gasteiger partial charge in [0.25, 0.3) is 0 Å². The van der Waals surface area contributed by atoms with Crippen molar-refractivity contribution in [2.24, 2.45) is 0 Å². The summed E-state index contributed by atoms with van der Waals surface area (Å²) < 4.78 is 7.11. The molecule has 1 saturated carbocycles. The number of ether oxygens (including phenoxy) is 1. The summed E-state index contributed by atoms with van der Waals surface area (Å²) in [5.41, 5.74) is 5.29. The molecule has 0 unspecified atom stereocenters. The van der Waals surface area contributed by atoms with E-state index in [0.717, 1.165) is 41.0 Å². The molecule has 5 heteroatoms. The van der Waals surface area contributed by atoms with E-state index in [1.807, 2.05) is 28.8 Å². The first-order valence-electron chi connectivity index (χ1n) is 9.26. The predicted molar refractivity (Wildman–Crippen MR) is 100 cm³/mol. The van der Waals surface area contributed by atoms with Crippen LogP contribution in [0.1, 0.15) is 67.3 Å². The molecule has 3 aromatic rings. The van der Waals surface area contributed by atoms with Crippen molar-refractivity contribution in [3.63, 3.8) is 0 Å². The number of esters is 1.